The summed E-state index contributed by atoms with van der Waals surface area (Å²) in [7, 11) is 0. The first-order valence-corrected chi connectivity index (χ1v) is 7.98. The molecule has 0 spiro atoms. The van der Waals surface area contributed by atoms with E-state index in [1.165, 1.54) is 11.1 Å². The molecule has 2 aromatic rings. The number of rotatable bonds is 2. The summed E-state index contributed by atoms with van der Waals surface area (Å²) in [4.78, 5) is 15.0. The molecule has 1 aliphatic heterocycles. The topological polar surface area (TPSA) is 20.3 Å². The second-order valence-electron chi connectivity index (χ2n) is 6.38. The highest BCUT2D eigenvalue weighted by Gasteiger charge is 2.34. The van der Waals surface area contributed by atoms with Crippen molar-refractivity contribution in [3.05, 3.63) is 70.2 Å². The highest BCUT2D eigenvalue weighted by atomic mass is 35.5. The Balaban J connectivity index is 1.83. The standard InChI is InChI=1S/C19H20ClNO/c1-19(2,16-7-9-17(20)10-8-16)18(22)21-12-11-14-5-3-4-6-15(14)13-21/h3-10H,11-13H2,1-2H3. The molecule has 2 aromatic carbocycles. The Hall–Kier alpha value is -1.80. The molecule has 0 saturated carbocycles. The van der Waals surface area contributed by atoms with Crippen LogP contribution in [0.2, 0.25) is 5.02 Å². The maximum atomic E-state index is 13.0. The van der Waals surface area contributed by atoms with Crippen LogP contribution in [0.4, 0.5) is 0 Å². The van der Waals surface area contributed by atoms with Gasteiger partial charge in [0.2, 0.25) is 5.91 Å². The first-order valence-electron chi connectivity index (χ1n) is 7.60. The molecule has 1 aliphatic rings. The van der Waals surface area contributed by atoms with Gasteiger partial charge in [0.15, 0.2) is 0 Å². The Bertz CT molecular complexity index is 691. The Morgan fingerprint density at radius 3 is 2.36 bits per heavy atom. The Kier molecular flexibility index (Phi) is 3.96. The minimum atomic E-state index is -0.545. The number of carbonyl (C=O) groups excluding carboxylic acids is 1. The zero-order valence-electron chi connectivity index (χ0n) is 13.0. The average Bonchev–Trinajstić information content (AvgIpc) is 2.54. The molecule has 0 N–H and O–H groups in total. The maximum absolute atomic E-state index is 13.0. The van der Waals surface area contributed by atoms with E-state index in [-0.39, 0.29) is 5.91 Å². The van der Waals surface area contributed by atoms with E-state index in [1.807, 2.05) is 49.1 Å². The lowest BCUT2D eigenvalue weighted by atomic mass is 9.82. The summed E-state index contributed by atoms with van der Waals surface area (Å²) in [6.07, 6.45) is 0.929. The number of nitrogens with zero attached hydrogens (tertiary/aromatic N) is 1. The number of fused-ring (bicyclic) bond motifs is 1. The van der Waals surface area contributed by atoms with Crippen molar-refractivity contribution in [2.75, 3.05) is 6.54 Å². The van der Waals surface area contributed by atoms with E-state index < -0.39 is 5.41 Å². The van der Waals surface area contributed by atoms with Gasteiger partial charge in [0.05, 0.1) is 5.41 Å². The van der Waals surface area contributed by atoms with Crippen LogP contribution in [0.25, 0.3) is 0 Å². The fourth-order valence-corrected chi connectivity index (χ4v) is 3.18. The van der Waals surface area contributed by atoms with Crippen LogP contribution in [-0.4, -0.2) is 17.4 Å². The fourth-order valence-electron chi connectivity index (χ4n) is 3.05. The zero-order valence-corrected chi connectivity index (χ0v) is 13.7. The van der Waals surface area contributed by atoms with Crippen LogP contribution in [0.3, 0.4) is 0 Å². The second kappa shape index (κ2) is 5.77. The van der Waals surface area contributed by atoms with Crippen LogP contribution >= 0.6 is 11.6 Å². The Morgan fingerprint density at radius 2 is 1.68 bits per heavy atom. The number of carbonyl (C=O) groups is 1. The van der Waals surface area contributed by atoms with Gasteiger partial charge in [-0.05, 0) is 49.1 Å². The van der Waals surface area contributed by atoms with Gasteiger partial charge in [-0.25, -0.2) is 0 Å². The molecular formula is C19H20ClNO. The number of halogens is 1. The van der Waals surface area contributed by atoms with Crippen LogP contribution in [0.1, 0.15) is 30.5 Å². The summed E-state index contributed by atoms with van der Waals surface area (Å²) in [6, 6.07) is 15.9. The van der Waals surface area contributed by atoms with Crippen LogP contribution in [0.15, 0.2) is 48.5 Å². The number of amides is 1. The van der Waals surface area contributed by atoms with Gasteiger partial charge >= 0.3 is 0 Å². The monoisotopic (exact) mass is 313 g/mol. The number of hydrogen-bond acceptors (Lipinski definition) is 1. The van der Waals surface area contributed by atoms with E-state index in [2.05, 4.69) is 18.2 Å². The van der Waals surface area contributed by atoms with Gasteiger partial charge < -0.3 is 4.90 Å². The van der Waals surface area contributed by atoms with Gasteiger partial charge in [0.1, 0.15) is 0 Å². The first kappa shape index (κ1) is 15.1. The normalized spacial score (nSPS) is 14.6. The lowest BCUT2D eigenvalue weighted by molar-refractivity contribution is -0.137. The molecule has 114 valence electrons. The van der Waals surface area contributed by atoms with Gasteiger partial charge in [-0.3, -0.25) is 4.79 Å². The lowest BCUT2D eigenvalue weighted by Crippen LogP contribution is -2.45. The van der Waals surface area contributed by atoms with Crippen molar-refractivity contribution >= 4 is 17.5 Å². The summed E-state index contributed by atoms with van der Waals surface area (Å²) < 4.78 is 0. The molecule has 0 aromatic heterocycles. The minimum absolute atomic E-state index is 0.171. The van der Waals surface area contributed by atoms with Gasteiger partial charge in [-0.15, -0.1) is 0 Å². The van der Waals surface area contributed by atoms with Crippen molar-refractivity contribution in [3.63, 3.8) is 0 Å². The highest BCUT2D eigenvalue weighted by Crippen LogP contribution is 2.29. The summed E-state index contributed by atoms with van der Waals surface area (Å²) in [5, 5.41) is 0.693. The highest BCUT2D eigenvalue weighted by molar-refractivity contribution is 6.30. The summed E-state index contributed by atoms with van der Waals surface area (Å²) in [5.74, 6) is 0.171. The van der Waals surface area contributed by atoms with Crippen LogP contribution < -0.4 is 0 Å². The molecule has 3 rings (SSSR count). The molecule has 0 fully saturated rings. The Labute approximate surface area is 136 Å². The van der Waals surface area contributed by atoms with Gasteiger partial charge in [0.25, 0.3) is 0 Å². The molecule has 0 atom stereocenters. The second-order valence-corrected chi connectivity index (χ2v) is 6.81. The predicted molar refractivity (Wildman–Crippen MR) is 90.0 cm³/mol. The van der Waals surface area contributed by atoms with Crippen LogP contribution in [0.5, 0.6) is 0 Å². The molecule has 0 radical (unpaired) electrons. The number of hydrogen-bond donors (Lipinski definition) is 0. The lowest BCUT2D eigenvalue weighted by Gasteiger charge is -2.35. The summed E-state index contributed by atoms with van der Waals surface area (Å²) in [5.41, 5.74) is 3.07. The number of benzene rings is 2. The van der Waals surface area contributed by atoms with E-state index in [1.54, 1.807) is 0 Å². The molecule has 1 heterocycles. The Morgan fingerprint density at radius 1 is 1.05 bits per heavy atom. The summed E-state index contributed by atoms with van der Waals surface area (Å²) >= 11 is 5.95. The minimum Gasteiger partial charge on any atom is -0.337 e. The smallest absolute Gasteiger partial charge is 0.232 e. The van der Waals surface area contributed by atoms with Crippen LogP contribution in [-0.2, 0) is 23.2 Å². The average molecular weight is 314 g/mol. The molecule has 1 amide bonds. The van der Waals surface area contributed by atoms with Gasteiger partial charge in [-0.1, -0.05) is 48.0 Å². The van der Waals surface area contributed by atoms with E-state index in [4.69, 9.17) is 11.6 Å². The molecule has 0 aliphatic carbocycles. The van der Waals surface area contributed by atoms with Crippen molar-refractivity contribution in [1.29, 1.82) is 0 Å². The predicted octanol–water partition coefficient (Wildman–Crippen LogP) is 4.20. The van der Waals surface area contributed by atoms with Crippen molar-refractivity contribution in [2.24, 2.45) is 0 Å². The van der Waals surface area contributed by atoms with Gasteiger partial charge in [0, 0.05) is 18.1 Å². The van der Waals surface area contributed by atoms with E-state index >= 15 is 0 Å². The summed E-state index contributed by atoms with van der Waals surface area (Å²) in [6.45, 7) is 5.46. The van der Waals surface area contributed by atoms with Crippen molar-refractivity contribution in [2.45, 2.75) is 32.2 Å². The molecule has 0 saturated heterocycles. The van der Waals surface area contributed by atoms with E-state index in [9.17, 15) is 4.79 Å². The zero-order chi connectivity index (χ0) is 15.7. The third-order valence-electron chi connectivity index (χ3n) is 4.52. The van der Waals surface area contributed by atoms with Crippen molar-refractivity contribution in [1.82, 2.24) is 4.90 Å². The van der Waals surface area contributed by atoms with Crippen molar-refractivity contribution < 1.29 is 4.79 Å². The maximum Gasteiger partial charge on any atom is 0.232 e. The molecule has 3 heteroatoms. The molecule has 0 bridgehead atoms. The molecule has 0 unspecified atom stereocenters. The van der Waals surface area contributed by atoms with E-state index in [0.29, 0.717) is 11.6 Å². The van der Waals surface area contributed by atoms with Gasteiger partial charge in [-0.2, -0.15) is 0 Å². The quantitative estimate of drug-likeness (QED) is 0.813. The fraction of sp³-hybridized carbons (Fsp3) is 0.316. The third kappa shape index (κ3) is 2.76. The van der Waals surface area contributed by atoms with E-state index in [0.717, 1.165) is 18.5 Å². The van der Waals surface area contributed by atoms with Crippen molar-refractivity contribution in [3.8, 4) is 0 Å². The first-order chi connectivity index (χ1) is 10.5. The molecular weight excluding hydrogens is 294 g/mol. The molecule has 2 nitrogen and oxygen atoms in total. The van der Waals surface area contributed by atoms with Crippen LogP contribution in [0, 0.1) is 0 Å². The third-order valence-corrected chi connectivity index (χ3v) is 4.77. The molecule has 22 heavy (non-hydrogen) atoms. The SMILES string of the molecule is CC(C)(C(=O)N1CCc2ccccc2C1)c1ccc(Cl)cc1. The largest absolute Gasteiger partial charge is 0.337 e.